The fourth-order valence-corrected chi connectivity index (χ4v) is 5.47. The van der Waals surface area contributed by atoms with Gasteiger partial charge >= 0.3 is 0 Å². The predicted octanol–water partition coefficient (Wildman–Crippen LogP) is 3.45. The van der Waals surface area contributed by atoms with E-state index in [-0.39, 0.29) is 17.5 Å². The molecule has 1 amide bonds. The Morgan fingerprint density at radius 1 is 1.05 bits per heavy atom. The summed E-state index contributed by atoms with van der Waals surface area (Å²) >= 11 is 0. The second-order valence-corrected chi connectivity index (χ2v) is 10.2. The van der Waals surface area contributed by atoms with E-state index in [2.05, 4.69) is 43.2 Å². The first-order valence-electron chi connectivity index (χ1n) is 13.5. The van der Waals surface area contributed by atoms with E-state index in [0.29, 0.717) is 61.8 Å². The summed E-state index contributed by atoms with van der Waals surface area (Å²) in [5.41, 5.74) is 4.70. The Labute approximate surface area is 237 Å². The number of ether oxygens (including phenoxy) is 1. The number of anilines is 2. The number of rotatable bonds is 6. The van der Waals surface area contributed by atoms with Crippen LogP contribution in [0.4, 0.5) is 11.5 Å². The number of aromatic nitrogens is 3. The van der Waals surface area contributed by atoms with Gasteiger partial charge in [0.2, 0.25) is 0 Å². The van der Waals surface area contributed by atoms with Crippen LogP contribution in [0.2, 0.25) is 0 Å². The molecule has 2 aliphatic heterocycles. The summed E-state index contributed by atoms with van der Waals surface area (Å²) in [6.45, 7) is 5.37. The van der Waals surface area contributed by atoms with E-state index in [1.807, 2.05) is 35.2 Å². The molecule has 41 heavy (non-hydrogen) atoms. The number of amides is 1. The van der Waals surface area contributed by atoms with Gasteiger partial charge in [-0.1, -0.05) is 24.3 Å². The molecule has 10 heteroatoms. The van der Waals surface area contributed by atoms with E-state index in [0.717, 1.165) is 17.1 Å². The maximum absolute atomic E-state index is 13.2. The van der Waals surface area contributed by atoms with Crippen LogP contribution in [0.5, 0.6) is 5.75 Å². The SMILES string of the molecule is Cc1c(N2Cc3ccccc3C2COc2ccc(C(=O)N3CCN(c4ccc(C#N)cn4)CC3)cc2)cn[nH]c1=O. The van der Waals surface area contributed by atoms with Crippen LogP contribution in [0.1, 0.15) is 38.7 Å². The first kappa shape index (κ1) is 26.1. The van der Waals surface area contributed by atoms with Gasteiger partial charge in [0.15, 0.2) is 0 Å². The fourth-order valence-electron chi connectivity index (χ4n) is 5.47. The van der Waals surface area contributed by atoms with Crippen LogP contribution in [-0.2, 0) is 6.54 Å². The second-order valence-electron chi connectivity index (χ2n) is 10.2. The van der Waals surface area contributed by atoms with Gasteiger partial charge in [-0.15, -0.1) is 0 Å². The number of hydrogen-bond donors (Lipinski definition) is 1. The van der Waals surface area contributed by atoms with Crippen LogP contribution in [0.15, 0.2) is 77.9 Å². The Morgan fingerprint density at radius 2 is 1.83 bits per heavy atom. The van der Waals surface area contributed by atoms with Crippen molar-refractivity contribution in [2.24, 2.45) is 0 Å². The molecular weight excluding hydrogens is 518 g/mol. The highest BCUT2D eigenvalue weighted by Gasteiger charge is 2.32. The van der Waals surface area contributed by atoms with Crippen molar-refractivity contribution >= 4 is 17.4 Å². The summed E-state index contributed by atoms with van der Waals surface area (Å²) in [6.07, 6.45) is 3.26. The van der Waals surface area contributed by atoms with Gasteiger partial charge in [-0.25, -0.2) is 10.1 Å². The van der Waals surface area contributed by atoms with Crippen molar-refractivity contribution in [1.29, 1.82) is 5.26 Å². The Morgan fingerprint density at radius 3 is 2.56 bits per heavy atom. The lowest BCUT2D eigenvalue weighted by molar-refractivity contribution is 0.0746. The van der Waals surface area contributed by atoms with E-state index >= 15 is 0 Å². The molecule has 1 fully saturated rings. The standard InChI is InChI=1S/C31H29N7O3/c1-21-27(18-34-35-30(21)39)38-19-24-4-2-3-5-26(24)28(38)20-41-25-9-7-23(8-10-25)31(40)37-14-12-36(13-15-37)29-11-6-22(16-32)17-33-29/h2-11,17-18,28H,12-15,19-20H2,1H3,(H,35,39). The van der Waals surface area contributed by atoms with Crippen molar-refractivity contribution in [3.05, 3.63) is 111 Å². The number of nitrogens with zero attached hydrogens (tertiary/aromatic N) is 6. The number of nitrogens with one attached hydrogen (secondary N) is 1. The molecule has 4 aromatic rings. The number of carbonyl (C=O) groups excluding carboxylic acids is 1. The van der Waals surface area contributed by atoms with Crippen molar-refractivity contribution < 1.29 is 9.53 Å². The number of benzene rings is 2. The lowest BCUT2D eigenvalue weighted by atomic mass is 10.1. The third-order valence-electron chi connectivity index (χ3n) is 7.80. The number of piperazine rings is 1. The molecule has 1 atom stereocenters. The van der Waals surface area contributed by atoms with Gasteiger partial charge in [0, 0.05) is 50.0 Å². The average Bonchev–Trinajstić information content (AvgIpc) is 3.39. The normalized spacial score (nSPS) is 16.3. The molecule has 2 aliphatic rings. The van der Waals surface area contributed by atoms with E-state index in [4.69, 9.17) is 10.00 Å². The second kappa shape index (κ2) is 11.1. The Bertz CT molecular complexity index is 1650. The molecule has 6 rings (SSSR count). The minimum absolute atomic E-state index is 0.0165. The van der Waals surface area contributed by atoms with Gasteiger partial charge in [0.05, 0.1) is 23.5 Å². The van der Waals surface area contributed by atoms with Gasteiger partial charge in [-0.05, 0) is 54.4 Å². The van der Waals surface area contributed by atoms with Crippen LogP contribution in [0.3, 0.4) is 0 Å². The summed E-state index contributed by atoms with van der Waals surface area (Å²) < 4.78 is 6.22. The first-order chi connectivity index (χ1) is 20.0. The lowest BCUT2D eigenvalue weighted by Crippen LogP contribution is -2.49. The zero-order valence-corrected chi connectivity index (χ0v) is 22.7. The Balaban J connectivity index is 1.09. The van der Waals surface area contributed by atoms with Crippen molar-refractivity contribution in [2.45, 2.75) is 19.5 Å². The molecule has 10 nitrogen and oxygen atoms in total. The topological polar surface area (TPSA) is 118 Å². The van der Waals surface area contributed by atoms with Gasteiger partial charge in [0.1, 0.15) is 24.2 Å². The Kier molecular flexibility index (Phi) is 7.08. The van der Waals surface area contributed by atoms with E-state index in [9.17, 15) is 9.59 Å². The highest BCUT2D eigenvalue weighted by atomic mass is 16.5. The molecule has 1 unspecified atom stereocenters. The first-order valence-corrected chi connectivity index (χ1v) is 13.5. The molecule has 2 aromatic heterocycles. The average molecular weight is 548 g/mol. The van der Waals surface area contributed by atoms with Crippen molar-refractivity contribution in [2.75, 3.05) is 42.6 Å². The van der Waals surface area contributed by atoms with Crippen LogP contribution in [0, 0.1) is 18.3 Å². The number of pyridine rings is 1. The highest BCUT2D eigenvalue weighted by Crippen LogP contribution is 2.38. The smallest absolute Gasteiger partial charge is 0.269 e. The Hall–Kier alpha value is -5.17. The number of aromatic amines is 1. The molecular formula is C31H29N7O3. The number of H-pyrrole nitrogens is 1. The van der Waals surface area contributed by atoms with Crippen LogP contribution in [0.25, 0.3) is 0 Å². The molecule has 2 aromatic carbocycles. The summed E-state index contributed by atoms with van der Waals surface area (Å²) in [4.78, 5) is 35.9. The molecule has 1 N–H and O–H groups in total. The van der Waals surface area contributed by atoms with E-state index < -0.39 is 0 Å². The maximum atomic E-state index is 13.2. The maximum Gasteiger partial charge on any atom is 0.269 e. The van der Waals surface area contributed by atoms with Crippen molar-refractivity contribution in [3.8, 4) is 11.8 Å². The predicted molar refractivity (Wildman–Crippen MR) is 154 cm³/mol. The van der Waals surface area contributed by atoms with Crippen LogP contribution in [-0.4, -0.2) is 58.8 Å². The quantitative estimate of drug-likeness (QED) is 0.390. The molecule has 0 saturated carbocycles. The summed E-state index contributed by atoms with van der Waals surface area (Å²) in [7, 11) is 0. The summed E-state index contributed by atoms with van der Waals surface area (Å²) in [5, 5.41) is 15.5. The minimum Gasteiger partial charge on any atom is -0.491 e. The molecule has 0 bridgehead atoms. The third kappa shape index (κ3) is 5.22. The number of hydrogen-bond acceptors (Lipinski definition) is 8. The van der Waals surface area contributed by atoms with Crippen molar-refractivity contribution in [1.82, 2.24) is 20.1 Å². The van der Waals surface area contributed by atoms with Gasteiger partial charge in [-0.3, -0.25) is 9.59 Å². The van der Waals surface area contributed by atoms with Gasteiger partial charge in [-0.2, -0.15) is 10.4 Å². The molecule has 4 heterocycles. The summed E-state index contributed by atoms with van der Waals surface area (Å²) in [6, 6.07) is 21.1. The zero-order valence-electron chi connectivity index (χ0n) is 22.7. The number of fused-ring (bicyclic) bond motifs is 1. The zero-order chi connectivity index (χ0) is 28.3. The number of nitriles is 1. The van der Waals surface area contributed by atoms with Crippen molar-refractivity contribution in [3.63, 3.8) is 0 Å². The van der Waals surface area contributed by atoms with Crippen LogP contribution < -0.4 is 20.1 Å². The number of carbonyl (C=O) groups is 1. The molecule has 0 aliphatic carbocycles. The van der Waals surface area contributed by atoms with E-state index in [1.165, 1.54) is 5.56 Å². The lowest BCUT2D eigenvalue weighted by Gasteiger charge is -2.35. The van der Waals surface area contributed by atoms with Gasteiger partial charge in [0.25, 0.3) is 11.5 Å². The fraction of sp³-hybridized carbons (Fsp3) is 0.258. The largest absolute Gasteiger partial charge is 0.491 e. The molecule has 0 spiro atoms. The highest BCUT2D eigenvalue weighted by molar-refractivity contribution is 5.94. The molecule has 206 valence electrons. The monoisotopic (exact) mass is 547 g/mol. The van der Waals surface area contributed by atoms with Crippen LogP contribution >= 0.6 is 0 Å². The molecule has 1 saturated heterocycles. The molecule has 0 radical (unpaired) electrons. The third-order valence-corrected chi connectivity index (χ3v) is 7.80. The minimum atomic E-state index is -0.203. The van der Waals surface area contributed by atoms with E-state index in [1.54, 1.807) is 37.5 Å². The van der Waals surface area contributed by atoms with Gasteiger partial charge < -0.3 is 19.4 Å². The summed E-state index contributed by atoms with van der Waals surface area (Å²) in [5.74, 6) is 1.46.